The smallest absolute Gasteiger partial charge is 0.343 e. The summed E-state index contributed by atoms with van der Waals surface area (Å²) in [5.74, 6) is 0.590. The van der Waals surface area contributed by atoms with Crippen LogP contribution in [0.1, 0.15) is 5.82 Å². The fourth-order valence-corrected chi connectivity index (χ4v) is 1.51. The molecule has 0 aliphatic heterocycles. The lowest BCUT2D eigenvalue weighted by atomic mass is 10.3. The number of nitrogens with zero attached hydrogens (tertiary/aromatic N) is 2. The van der Waals surface area contributed by atoms with Crippen LogP contribution in [0, 0.1) is 0 Å². The van der Waals surface area contributed by atoms with E-state index in [9.17, 15) is 4.79 Å². The quantitative estimate of drug-likeness (QED) is 0.849. The molecule has 16 heavy (non-hydrogen) atoms. The summed E-state index contributed by atoms with van der Waals surface area (Å²) in [6.45, 7) is 0.455. The van der Waals surface area contributed by atoms with Gasteiger partial charge in [0.1, 0.15) is 5.82 Å². The van der Waals surface area contributed by atoms with E-state index in [0.717, 1.165) is 5.69 Å². The topological polar surface area (TPSA) is 62.7 Å². The monoisotopic (exact) mass is 238 g/mol. The molecule has 84 valence electrons. The largest absolute Gasteiger partial charge is 0.378 e. The second kappa shape index (κ2) is 4.40. The minimum Gasteiger partial charge on any atom is -0.378 e. The van der Waals surface area contributed by atoms with Crippen molar-refractivity contribution >= 4 is 17.3 Å². The number of benzene rings is 1. The summed E-state index contributed by atoms with van der Waals surface area (Å²) >= 11 is 5.84. The molecule has 0 spiro atoms. The minimum atomic E-state index is -0.220. The van der Waals surface area contributed by atoms with Crippen LogP contribution in [0.25, 0.3) is 0 Å². The number of H-pyrrole nitrogens is 1. The molecule has 1 aromatic heterocycles. The SMILES string of the molecule is Cn1nc(CNc2cccc(Cl)c2)[nH]c1=O. The Hall–Kier alpha value is -1.75. The molecule has 5 nitrogen and oxygen atoms in total. The van der Waals surface area contributed by atoms with Gasteiger partial charge in [-0.05, 0) is 18.2 Å². The van der Waals surface area contributed by atoms with Crippen LogP contribution in [0.15, 0.2) is 29.1 Å². The molecule has 1 heterocycles. The number of halogens is 1. The molecular weight excluding hydrogens is 228 g/mol. The molecule has 2 rings (SSSR count). The van der Waals surface area contributed by atoms with Crippen LogP contribution in [0.4, 0.5) is 5.69 Å². The van der Waals surface area contributed by atoms with E-state index in [1.165, 1.54) is 4.68 Å². The maximum atomic E-state index is 11.1. The number of aromatic amines is 1. The van der Waals surface area contributed by atoms with Crippen molar-refractivity contribution in [3.63, 3.8) is 0 Å². The molecule has 0 amide bonds. The summed E-state index contributed by atoms with van der Waals surface area (Å²) in [6.07, 6.45) is 0. The minimum absolute atomic E-state index is 0.220. The average Bonchev–Trinajstić information content (AvgIpc) is 2.56. The molecule has 2 N–H and O–H groups in total. The Morgan fingerprint density at radius 3 is 3.00 bits per heavy atom. The molecule has 0 bridgehead atoms. The van der Waals surface area contributed by atoms with Gasteiger partial charge in [0.25, 0.3) is 0 Å². The Kier molecular flexibility index (Phi) is 2.96. The van der Waals surface area contributed by atoms with E-state index < -0.39 is 0 Å². The summed E-state index contributed by atoms with van der Waals surface area (Å²) in [4.78, 5) is 13.7. The van der Waals surface area contributed by atoms with E-state index in [-0.39, 0.29) is 5.69 Å². The van der Waals surface area contributed by atoms with Crippen molar-refractivity contribution in [3.05, 3.63) is 45.6 Å². The van der Waals surface area contributed by atoms with Gasteiger partial charge in [-0.15, -0.1) is 0 Å². The maximum Gasteiger partial charge on any atom is 0.343 e. The molecule has 0 aliphatic carbocycles. The van der Waals surface area contributed by atoms with Gasteiger partial charge in [0, 0.05) is 17.8 Å². The number of nitrogens with one attached hydrogen (secondary N) is 2. The Balaban J connectivity index is 2.05. The molecule has 0 saturated heterocycles. The van der Waals surface area contributed by atoms with Gasteiger partial charge in [-0.1, -0.05) is 17.7 Å². The highest BCUT2D eigenvalue weighted by atomic mass is 35.5. The Bertz CT molecular complexity index is 546. The van der Waals surface area contributed by atoms with E-state index in [0.29, 0.717) is 17.4 Å². The van der Waals surface area contributed by atoms with Crippen molar-refractivity contribution < 1.29 is 0 Å². The highest BCUT2D eigenvalue weighted by molar-refractivity contribution is 6.30. The predicted molar refractivity (Wildman–Crippen MR) is 62.6 cm³/mol. The van der Waals surface area contributed by atoms with Crippen LogP contribution in [0.2, 0.25) is 5.02 Å². The van der Waals surface area contributed by atoms with Gasteiger partial charge in [0.2, 0.25) is 0 Å². The first-order valence-corrected chi connectivity index (χ1v) is 5.14. The molecule has 0 saturated carbocycles. The zero-order valence-corrected chi connectivity index (χ0v) is 9.45. The molecule has 0 fully saturated rings. The number of aryl methyl sites for hydroxylation is 1. The third-order valence-corrected chi connectivity index (χ3v) is 2.34. The Labute approximate surface area is 97.1 Å². The number of rotatable bonds is 3. The van der Waals surface area contributed by atoms with E-state index in [2.05, 4.69) is 15.4 Å². The van der Waals surface area contributed by atoms with Crippen molar-refractivity contribution in [1.82, 2.24) is 14.8 Å². The predicted octanol–water partition coefficient (Wildman–Crippen LogP) is 1.37. The third-order valence-electron chi connectivity index (χ3n) is 2.10. The van der Waals surface area contributed by atoms with Crippen LogP contribution >= 0.6 is 11.6 Å². The van der Waals surface area contributed by atoms with Crippen LogP contribution < -0.4 is 11.0 Å². The van der Waals surface area contributed by atoms with E-state index in [1.54, 1.807) is 13.1 Å². The van der Waals surface area contributed by atoms with E-state index >= 15 is 0 Å². The van der Waals surface area contributed by atoms with Gasteiger partial charge >= 0.3 is 5.69 Å². The van der Waals surface area contributed by atoms with Crippen molar-refractivity contribution in [1.29, 1.82) is 0 Å². The molecule has 0 aliphatic rings. The first-order chi connectivity index (χ1) is 7.65. The van der Waals surface area contributed by atoms with E-state index in [4.69, 9.17) is 11.6 Å². The van der Waals surface area contributed by atoms with Gasteiger partial charge in [0.05, 0.1) is 6.54 Å². The highest BCUT2D eigenvalue weighted by Crippen LogP contribution is 2.14. The second-order valence-corrected chi connectivity index (χ2v) is 3.80. The van der Waals surface area contributed by atoms with Gasteiger partial charge < -0.3 is 5.32 Å². The molecule has 0 atom stereocenters. The van der Waals surface area contributed by atoms with Crippen molar-refractivity contribution in [3.8, 4) is 0 Å². The summed E-state index contributed by atoms with van der Waals surface area (Å²) < 4.78 is 1.26. The van der Waals surface area contributed by atoms with Crippen molar-refractivity contribution in [2.45, 2.75) is 6.54 Å². The first kappa shape index (κ1) is 10.8. The summed E-state index contributed by atoms with van der Waals surface area (Å²) in [5.41, 5.74) is 0.668. The van der Waals surface area contributed by atoms with Gasteiger partial charge in [-0.3, -0.25) is 4.98 Å². The van der Waals surface area contributed by atoms with Crippen LogP contribution in [0.5, 0.6) is 0 Å². The van der Waals surface area contributed by atoms with Crippen LogP contribution in [0.3, 0.4) is 0 Å². The number of aromatic nitrogens is 3. The standard InChI is InChI=1S/C10H11ClN4O/c1-15-10(16)13-9(14-15)6-12-8-4-2-3-7(11)5-8/h2-5,12H,6H2,1H3,(H,13,14,16). The highest BCUT2D eigenvalue weighted by Gasteiger charge is 2.01. The molecule has 0 radical (unpaired) electrons. The van der Waals surface area contributed by atoms with Crippen LogP contribution in [-0.2, 0) is 13.6 Å². The molecule has 1 aromatic carbocycles. The van der Waals surface area contributed by atoms with E-state index in [1.807, 2.05) is 18.2 Å². The number of hydrogen-bond acceptors (Lipinski definition) is 3. The number of hydrogen-bond donors (Lipinski definition) is 2. The third kappa shape index (κ3) is 2.43. The van der Waals surface area contributed by atoms with Gasteiger partial charge in [0.15, 0.2) is 0 Å². The fraction of sp³-hybridized carbons (Fsp3) is 0.200. The normalized spacial score (nSPS) is 10.4. The lowest BCUT2D eigenvalue weighted by Crippen LogP contribution is -2.13. The first-order valence-electron chi connectivity index (χ1n) is 4.77. The molecule has 6 heteroatoms. The molecule has 2 aromatic rings. The fourth-order valence-electron chi connectivity index (χ4n) is 1.32. The zero-order valence-electron chi connectivity index (χ0n) is 8.70. The van der Waals surface area contributed by atoms with Crippen molar-refractivity contribution in [2.24, 2.45) is 7.05 Å². The molecule has 0 unspecified atom stereocenters. The summed E-state index contributed by atoms with van der Waals surface area (Å²) in [5, 5.41) is 7.78. The van der Waals surface area contributed by atoms with Gasteiger partial charge in [-0.2, -0.15) is 5.10 Å². The van der Waals surface area contributed by atoms with Crippen molar-refractivity contribution in [2.75, 3.05) is 5.32 Å². The lowest BCUT2D eigenvalue weighted by Gasteiger charge is -2.03. The van der Waals surface area contributed by atoms with Gasteiger partial charge in [-0.25, -0.2) is 9.48 Å². The zero-order chi connectivity index (χ0) is 11.5. The molecular formula is C10H11ClN4O. The average molecular weight is 239 g/mol. The maximum absolute atomic E-state index is 11.1. The summed E-state index contributed by atoms with van der Waals surface area (Å²) in [7, 11) is 1.60. The Morgan fingerprint density at radius 1 is 1.56 bits per heavy atom. The Morgan fingerprint density at radius 2 is 2.38 bits per heavy atom. The number of anilines is 1. The second-order valence-electron chi connectivity index (χ2n) is 3.36. The lowest BCUT2D eigenvalue weighted by molar-refractivity contribution is 0.722. The van der Waals surface area contributed by atoms with Crippen LogP contribution in [-0.4, -0.2) is 14.8 Å². The summed E-state index contributed by atoms with van der Waals surface area (Å²) in [6, 6.07) is 7.36.